The molecule has 0 bridgehead atoms. The van der Waals surface area contributed by atoms with Crippen LogP contribution in [0.4, 0.5) is 0 Å². The molecule has 2 aliphatic heterocycles. The Morgan fingerprint density at radius 3 is 2.44 bits per heavy atom. The maximum Gasteiger partial charge on any atom is 0.225 e. The summed E-state index contributed by atoms with van der Waals surface area (Å²) in [6, 6.07) is 0.294. The Morgan fingerprint density at radius 2 is 1.84 bits per heavy atom. The molecule has 2 heterocycles. The molecule has 1 amide bonds. The van der Waals surface area contributed by atoms with Gasteiger partial charge in [-0.05, 0) is 13.0 Å². The van der Waals surface area contributed by atoms with E-state index in [1.165, 1.54) is 13.1 Å². The fourth-order valence-corrected chi connectivity index (χ4v) is 3.49. The summed E-state index contributed by atoms with van der Waals surface area (Å²) in [5, 5.41) is 6.88. The Balaban J connectivity index is 1.65. The molecule has 0 aliphatic carbocycles. The monoisotopic (exact) mass is 352 g/mol. The summed E-state index contributed by atoms with van der Waals surface area (Å²) >= 11 is 0. The van der Waals surface area contributed by atoms with Crippen LogP contribution in [0.5, 0.6) is 0 Å². The van der Waals surface area contributed by atoms with Gasteiger partial charge in [-0.1, -0.05) is 20.8 Å². The minimum absolute atomic E-state index is 0.0735. The zero-order chi connectivity index (χ0) is 18.2. The van der Waals surface area contributed by atoms with Crippen LogP contribution in [0, 0.1) is 5.92 Å². The first kappa shape index (κ1) is 20.0. The highest BCUT2D eigenvalue weighted by atomic mass is 16.2. The molecule has 2 fully saturated rings. The van der Waals surface area contributed by atoms with Gasteiger partial charge >= 0.3 is 0 Å². The largest absolute Gasteiger partial charge is 0.355 e. The third kappa shape index (κ3) is 6.15. The molecule has 0 aromatic rings. The van der Waals surface area contributed by atoms with Gasteiger partial charge in [0, 0.05) is 71.4 Å². The van der Waals surface area contributed by atoms with Gasteiger partial charge in [0.1, 0.15) is 0 Å². The predicted molar refractivity (Wildman–Crippen MR) is 103 cm³/mol. The lowest BCUT2D eigenvalue weighted by Crippen LogP contribution is -2.50. The van der Waals surface area contributed by atoms with Crippen molar-refractivity contribution in [3.63, 3.8) is 0 Å². The second kappa shape index (κ2) is 9.97. The highest BCUT2D eigenvalue weighted by Crippen LogP contribution is 2.12. The van der Waals surface area contributed by atoms with Crippen molar-refractivity contribution >= 4 is 11.9 Å². The zero-order valence-corrected chi connectivity index (χ0v) is 16.4. The molecule has 0 aromatic heterocycles. The fourth-order valence-electron chi connectivity index (χ4n) is 3.49. The normalized spacial score (nSPS) is 23.3. The van der Waals surface area contributed by atoms with Crippen LogP contribution >= 0.6 is 0 Å². The SMILES string of the molecule is CCN1CCN(CCNC(=NC)NC2CCN(C(=O)C(C)C)C2)CC1. The number of likely N-dealkylation sites (N-methyl/N-ethyl adjacent to an activating group) is 1. The summed E-state index contributed by atoms with van der Waals surface area (Å²) in [7, 11) is 1.81. The summed E-state index contributed by atoms with van der Waals surface area (Å²) < 4.78 is 0. The van der Waals surface area contributed by atoms with Crippen LogP contribution in [0.3, 0.4) is 0 Å². The molecule has 2 aliphatic rings. The van der Waals surface area contributed by atoms with Crippen LogP contribution in [0.25, 0.3) is 0 Å². The van der Waals surface area contributed by atoms with Gasteiger partial charge in [0.05, 0.1) is 0 Å². The predicted octanol–water partition coefficient (Wildman–Crippen LogP) is 0.0458. The number of nitrogens with zero attached hydrogens (tertiary/aromatic N) is 4. The molecule has 7 heteroatoms. The molecule has 2 N–H and O–H groups in total. The van der Waals surface area contributed by atoms with Crippen LogP contribution < -0.4 is 10.6 Å². The number of guanidine groups is 1. The Labute approximate surface area is 152 Å². The molecule has 2 rings (SSSR count). The van der Waals surface area contributed by atoms with E-state index in [-0.39, 0.29) is 11.8 Å². The van der Waals surface area contributed by atoms with Crippen molar-refractivity contribution in [1.29, 1.82) is 0 Å². The van der Waals surface area contributed by atoms with Crippen LogP contribution in [0.15, 0.2) is 4.99 Å². The minimum atomic E-state index is 0.0735. The van der Waals surface area contributed by atoms with Gasteiger partial charge in [0.2, 0.25) is 5.91 Å². The first-order valence-corrected chi connectivity index (χ1v) is 9.74. The molecule has 1 atom stereocenters. The molecule has 144 valence electrons. The van der Waals surface area contributed by atoms with Gasteiger partial charge in [-0.25, -0.2) is 0 Å². The van der Waals surface area contributed by atoms with Gasteiger partial charge in [-0.15, -0.1) is 0 Å². The van der Waals surface area contributed by atoms with Crippen molar-refractivity contribution in [3.8, 4) is 0 Å². The van der Waals surface area contributed by atoms with E-state index < -0.39 is 0 Å². The quantitative estimate of drug-likeness (QED) is 0.522. The molecule has 2 saturated heterocycles. The van der Waals surface area contributed by atoms with Crippen LogP contribution in [-0.2, 0) is 4.79 Å². The number of piperazine rings is 1. The van der Waals surface area contributed by atoms with Gasteiger partial charge in [0.25, 0.3) is 0 Å². The van der Waals surface area contributed by atoms with E-state index in [0.717, 1.165) is 58.2 Å². The molecule has 25 heavy (non-hydrogen) atoms. The van der Waals surface area contributed by atoms with E-state index in [9.17, 15) is 4.79 Å². The second-order valence-electron chi connectivity index (χ2n) is 7.34. The summed E-state index contributed by atoms with van der Waals surface area (Å²) in [6.45, 7) is 15.5. The minimum Gasteiger partial charge on any atom is -0.355 e. The lowest BCUT2D eigenvalue weighted by Gasteiger charge is -2.34. The third-order valence-corrected chi connectivity index (χ3v) is 5.19. The van der Waals surface area contributed by atoms with Crippen molar-refractivity contribution in [2.24, 2.45) is 10.9 Å². The molecule has 0 spiro atoms. The van der Waals surface area contributed by atoms with Gasteiger partial charge in [-0.2, -0.15) is 0 Å². The van der Waals surface area contributed by atoms with E-state index in [0.29, 0.717) is 6.04 Å². The van der Waals surface area contributed by atoms with Crippen molar-refractivity contribution < 1.29 is 4.79 Å². The van der Waals surface area contributed by atoms with Crippen LogP contribution in [-0.4, -0.2) is 98.6 Å². The van der Waals surface area contributed by atoms with E-state index in [1.54, 1.807) is 7.05 Å². The first-order chi connectivity index (χ1) is 12.0. The number of nitrogens with one attached hydrogen (secondary N) is 2. The summed E-state index contributed by atoms with van der Waals surface area (Å²) in [5.41, 5.74) is 0. The summed E-state index contributed by atoms with van der Waals surface area (Å²) in [6.07, 6.45) is 0.984. The fraction of sp³-hybridized carbons (Fsp3) is 0.889. The summed E-state index contributed by atoms with van der Waals surface area (Å²) in [4.78, 5) is 23.4. The smallest absolute Gasteiger partial charge is 0.225 e. The number of hydrogen-bond acceptors (Lipinski definition) is 4. The van der Waals surface area contributed by atoms with Crippen molar-refractivity contribution in [3.05, 3.63) is 0 Å². The second-order valence-corrected chi connectivity index (χ2v) is 7.34. The molecular weight excluding hydrogens is 316 g/mol. The van der Waals surface area contributed by atoms with Gasteiger partial charge in [0.15, 0.2) is 5.96 Å². The maximum atomic E-state index is 12.1. The topological polar surface area (TPSA) is 63.2 Å². The number of amides is 1. The average Bonchev–Trinajstić information content (AvgIpc) is 3.09. The number of carbonyl (C=O) groups is 1. The molecule has 1 unspecified atom stereocenters. The lowest BCUT2D eigenvalue weighted by atomic mass is 10.2. The standard InChI is InChI=1S/C18H36N6O/c1-5-22-10-12-23(13-11-22)9-7-20-18(19-4)21-16-6-8-24(14-16)17(25)15(2)3/h15-16H,5-14H2,1-4H3,(H2,19,20,21). The number of hydrogen-bond donors (Lipinski definition) is 2. The summed E-state index contributed by atoms with van der Waals surface area (Å²) in [5.74, 6) is 1.17. The Hall–Kier alpha value is -1.34. The van der Waals surface area contributed by atoms with Crippen molar-refractivity contribution in [1.82, 2.24) is 25.3 Å². The zero-order valence-electron chi connectivity index (χ0n) is 16.4. The highest BCUT2D eigenvalue weighted by Gasteiger charge is 2.27. The van der Waals surface area contributed by atoms with Crippen molar-refractivity contribution in [2.45, 2.75) is 33.2 Å². The highest BCUT2D eigenvalue weighted by molar-refractivity contribution is 5.81. The average molecular weight is 353 g/mol. The third-order valence-electron chi connectivity index (χ3n) is 5.19. The van der Waals surface area contributed by atoms with E-state index in [2.05, 4.69) is 32.3 Å². The van der Waals surface area contributed by atoms with E-state index in [4.69, 9.17) is 0 Å². The molecule has 0 aromatic carbocycles. The first-order valence-electron chi connectivity index (χ1n) is 9.74. The maximum absolute atomic E-state index is 12.1. The molecule has 0 saturated carbocycles. The van der Waals surface area contributed by atoms with E-state index in [1.807, 2.05) is 18.7 Å². The molecule has 7 nitrogen and oxygen atoms in total. The van der Waals surface area contributed by atoms with E-state index >= 15 is 0 Å². The Kier molecular flexibility index (Phi) is 7.96. The van der Waals surface area contributed by atoms with Crippen LogP contribution in [0.1, 0.15) is 27.2 Å². The number of likely N-dealkylation sites (tertiary alicyclic amines) is 1. The molecular formula is C18H36N6O. The Bertz CT molecular complexity index is 445. The number of carbonyl (C=O) groups excluding carboxylic acids is 1. The lowest BCUT2D eigenvalue weighted by molar-refractivity contribution is -0.133. The van der Waals surface area contributed by atoms with Crippen LogP contribution in [0.2, 0.25) is 0 Å². The van der Waals surface area contributed by atoms with Gasteiger partial charge in [-0.3, -0.25) is 14.7 Å². The van der Waals surface area contributed by atoms with Crippen molar-refractivity contribution in [2.75, 3.05) is 66.0 Å². The number of aliphatic imine (C=N–C) groups is 1. The van der Waals surface area contributed by atoms with Gasteiger partial charge < -0.3 is 20.4 Å². The number of rotatable bonds is 6. The molecule has 0 radical (unpaired) electrons. The Morgan fingerprint density at radius 1 is 1.16 bits per heavy atom.